The second kappa shape index (κ2) is 5.45. The van der Waals surface area contributed by atoms with E-state index < -0.39 is 15.3 Å². The van der Waals surface area contributed by atoms with Gasteiger partial charge < -0.3 is 5.32 Å². The van der Waals surface area contributed by atoms with Crippen LogP contribution in [0.25, 0.3) is 0 Å². The zero-order valence-corrected chi connectivity index (χ0v) is 9.68. The highest BCUT2D eigenvalue weighted by Crippen LogP contribution is 2.08. The lowest BCUT2D eigenvalue weighted by molar-refractivity contribution is 0.533. The second-order valence-electron chi connectivity index (χ2n) is 3.78. The number of sulfonamides is 1. The highest BCUT2D eigenvalue weighted by molar-refractivity contribution is 7.90. The summed E-state index contributed by atoms with van der Waals surface area (Å²) >= 11 is 0. The molecule has 2 N–H and O–H groups in total. The Balaban J connectivity index is 2.45. The van der Waals surface area contributed by atoms with Crippen molar-refractivity contribution >= 4 is 10.0 Å². The number of nitrogens with zero attached hydrogens (tertiary/aromatic N) is 1. The minimum Gasteiger partial charge on any atom is -0.316 e. The van der Waals surface area contributed by atoms with Crippen LogP contribution in [0.2, 0.25) is 0 Å². The topological polar surface area (TPSA) is 82.0 Å². The van der Waals surface area contributed by atoms with Gasteiger partial charge in [0.25, 0.3) is 0 Å². The average Bonchev–Trinajstić information content (AvgIpc) is 2.69. The van der Waals surface area contributed by atoms with E-state index in [2.05, 4.69) is 10.0 Å². The summed E-state index contributed by atoms with van der Waals surface area (Å²) in [5.74, 6) is 0.357. The summed E-state index contributed by atoms with van der Waals surface area (Å²) in [6, 6.07) is 1.80. The van der Waals surface area contributed by atoms with E-state index >= 15 is 0 Å². The van der Waals surface area contributed by atoms with E-state index in [1.807, 2.05) is 0 Å². The van der Waals surface area contributed by atoms with Crippen LogP contribution >= 0.6 is 0 Å². The van der Waals surface area contributed by atoms with Crippen molar-refractivity contribution in [2.24, 2.45) is 5.92 Å². The van der Waals surface area contributed by atoms with Gasteiger partial charge in [0.05, 0.1) is 6.07 Å². The van der Waals surface area contributed by atoms with Crippen LogP contribution < -0.4 is 10.0 Å². The van der Waals surface area contributed by atoms with Crippen molar-refractivity contribution in [1.29, 1.82) is 5.26 Å². The molecule has 0 saturated carbocycles. The quantitative estimate of drug-likeness (QED) is 0.687. The molecule has 0 radical (unpaired) electrons. The Labute approximate surface area is 90.9 Å². The highest BCUT2D eigenvalue weighted by atomic mass is 32.2. The van der Waals surface area contributed by atoms with Crippen LogP contribution in [0.3, 0.4) is 0 Å². The Hall–Kier alpha value is -0.640. The van der Waals surface area contributed by atoms with E-state index in [0.717, 1.165) is 19.5 Å². The van der Waals surface area contributed by atoms with Gasteiger partial charge in [-0.25, -0.2) is 13.1 Å². The summed E-state index contributed by atoms with van der Waals surface area (Å²) in [6.07, 6.45) is 1.32. The van der Waals surface area contributed by atoms with Gasteiger partial charge in [-0.1, -0.05) is 6.92 Å². The van der Waals surface area contributed by atoms with Crippen LogP contribution in [0.5, 0.6) is 0 Å². The second-order valence-corrected chi connectivity index (χ2v) is 5.73. The van der Waals surface area contributed by atoms with Gasteiger partial charge in [0, 0.05) is 6.54 Å². The van der Waals surface area contributed by atoms with Crippen molar-refractivity contribution in [2.45, 2.75) is 25.0 Å². The molecule has 15 heavy (non-hydrogen) atoms. The van der Waals surface area contributed by atoms with Gasteiger partial charge in [0.15, 0.2) is 5.25 Å². The third kappa shape index (κ3) is 3.45. The summed E-state index contributed by atoms with van der Waals surface area (Å²) < 4.78 is 25.7. The molecular formula is C9H17N3O2S. The molecule has 0 aromatic heterocycles. The SMILES string of the molecule is CCC(C#N)S(=O)(=O)NCC1CCNC1. The summed E-state index contributed by atoms with van der Waals surface area (Å²) in [5, 5.41) is 10.9. The Morgan fingerprint density at radius 3 is 2.87 bits per heavy atom. The van der Waals surface area contributed by atoms with Crippen LogP contribution in [0, 0.1) is 17.2 Å². The molecular weight excluding hydrogens is 214 g/mol. The van der Waals surface area contributed by atoms with Crippen LogP contribution in [0.15, 0.2) is 0 Å². The zero-order valence-electron chi connectivity index (χ0n) is 8.86. The van der Waals surface area contributed by atoms with Crippen molar-refractivity contribution in [1.82, 2.24) is 10.0 Å². The first-order chi connectivity index (χ1) is 7.10. The van der Waals surface area contributed by atoms with Gasteiger partial charge in [0.2, 0.25) is 10.0 Å². The molecule has 1 aliphatic heterocycles. The molecule has 86 valence electrons. The minimum atomic E-state index is -3.45. The van der Waals surface area contributed by atoms with Gasteiger partial charge in [-0.15, -0.1) is 0 Å². The smallest absolute Gasteiger partial charge is 0.227 e. The van der Waals surface area contributed by atoms with Gasteiger partial charge in [0.1, 0.15) is 0 Å². The van der Waals surface area contributed by atoms with Gasteiger partial charge in [-0.05, 0) is 31.8 Å². The summed E-state index contributed by atoms with van der Waals surface area (Å²) in [6.45, 7) is 3.94. The third-order valence-corrected chi connectivity index (χ3v) is 4.38. The van der Waals surface area contributed by atoms with Crippen molar-refractivity contribution in [3.8, 4) is 6.07 Å². The molecule has 1 rings (SSSR count). The first-order valence-corrected chi connectivity index (χ1v) is 6.73. The van der Waals surface area contributed by atoms with E-state index in [1.54, 1.807) is 13.0 Å². The molecule has 6 heteroatoms. The molecule has 5 nitrogen and oxygen atoms in total. The molecule has 0 amide bonds. The first-order valence-electron chi connectivity index (χ1n) is 5.19. The standard InChI is InChI=1S/C9H17N3O2S/c1-2-9(5-10)15(13,14)12-7-8-3-4-11-6-8/h8-9,11-12H,2-4,6-7H2,1H3. The zero-order chi connectivity index (χ0) is 11.3. The number of nitriles is 1. The largest absolute Gasteiger partial charge is 0.316 e. The molecule has 0 aromatic rings. The molecule has 1 saturated heterocycles. The van der Waals surface area contributed by atoms with Gasteiger partial charge in [-0.3, -0.25) is 0 Å². The summed E-state index contributed by atoms with van der Waals surface area (Å²) in [4.78, 5) is 0. The number of nitrogens with one attached hydrogen (secondary N) is 2. The predicted octanol–water partition coefficient (Wildman–Crippen LogP) is -0.183. The summed E-state index contributed by atoms with van der Waals surface area (Å²) in [7, 11) is -3.45. The maximum atomic E-state index is 11.6. The van der Waals surface area contributed by atoms with Crippen LogP contribution in [0.4, 0.5) is 0 Å². The van der Waals surface area contributed by atoms with Crippen LogP contribution in [-0.2, 0) is 10.0 Å². The average molecular weight is 231 g/mol. The molecule has 1 fully saturated rings. The molecule has 0 spiro atoms. The number of rotatable bonds is 5. The van der Waals surface area contributed by atoms with E-state index in [1.165, 1.54) is 0 Å². The maximum Gasteiger partial charge on any atom is 0.227 e. The van der Waals surface area contributed by atoms with Crippen LogP contribution in [-0.4, -0.2) is 33.3 Å². The fraction of sp³-hybridized carbons (Fsp3) is 0.889. The van der Waals surface area contributed by atoms with Crippen molar-refractivity contribution in [2.75, 3.05) is 19.6 Å². The maximum absolute atomic E-state index is 11.6. The fourth-order valence-corrected chi connectivity index (χ4v) is 2.85. The van der Waals surface area contributed by atoms with Gasteiger partial charge in [-0.2, -0.15) is 5.26 Å². The molecule has 2 unspecified atom stereocenters. The van der Waals surface area contributed by atoms with Crippen LogP contribution in [0.1, 0.15) is 19.8 Å². The Bertz CT molecular complexity index is 328. The van der Waals surface area contributed by atoms with Crippen molar-refractivity contribution < 1.29 is 8.42 Å². The highest BCUT2D eigenvalue weighted by Gasteiger charge is 2.24. The van der Waals surface area contributed by atoms with Crippen molar-refractivity contribution in [3.05, 3.63) is 0 Å². The van der Waals surface area contributed by atoms with E-state index in [9.17, 15) is 8.42 Å². The van der Waals surface area contributed by atoms with Gasteiger partial charge >= 0.3 is 0 Å². The van der Waals surface area contributed by atoms with Crippen molar-refractivity contribution in [3.63, 3.8) is 0 Å². The molecule has 1 aliphatic rings. The molecule has 0 aliphatic carbocycles. The Kier molecular flexibility index (Phi) is 4.51. The van der Waals surface area contributed by atoms with E-state index in [-0.39, 0.29) is 0 Å². The molecule has 1 heterocycles. The van der Waals surface area contributed by atoms with E-state index in [0.29, 0.717) is 18.9 Å². The molecule has 2 atom stereocenters. The lowest BCUT2D eigenvalue weighted by atomic mass is 10.1. The monoisotopic (exact) mass is 231 g/mol. The molecule has 0 aromatic carbocycles. The normalized spacial score (nSPS) is 23.6. The fourth-order valence-electron chi connectivity index (χ4n) is 1.60. The number of hydrogen-bond acceptors (Lipinski definition) is 4. The minimum absolute atomic E-state index is 0.328. The number of hydrogen-bond donors (Lipinski definition) is 2. The third-order valence-electron chi connectivity index (χ3n) is 2.62. The lowest BCUT2D eigenvalue weighted by Gasteiger charge is -2.12. The first kappa shape index (κ1) is 12.4. The summed E-state index contributed by atoms with van der Waals surface area (Å²) in [5.41, 5.74) is 0. The lowest BCUT2D eigenvalue weighted by Crippen LogP contribution is -2.36. The van der Waals surface area contributed by atoms with E-state index in [4.69, 9.17) is 5.26 Å². The predicted molar refractivity (Wildman–Crippen MR) is 57.6 cm³/mol. The Morgan fingerprint density at radius 2 is 2.40 bits per heavy atom. The Morgan fingerprint density at radius 1 is 1.67 bits per heavy atom. The molecule has 0 bridgehead atoms.